The minimum atomic E-state index is -0.595. The summed E-state index contributed by atoms with van der Waals surface area (Å²) in [5.74, 6) is -0.492. The Labute approximate surface area is 117 Å². The number of aliphatic hydroxyl groups is 1. The largest absolute Gasteiger partial charge is 0.393 e. The van der Waals surface area contributed by atoms with E-state index in [0.717, 1.165) is 31.7 Å². The fraction of sp³-hybridized carbons (Fsp3) is 0.571. The second-order valence-corrected chi connectivity index (χ2v) is 5.37. The van der Waals surface area contributed by atoms with Gasteiger partial charge >= 0.3 is 0 Å². The molecule has 2 unspecified atom stereocenters. The third-order valence-corrected chi connectivity index (χ3v) is 3.90. The Morgan fingerprint density at radius 3 is 2.80 bits per heavy atom. The van der Waals surface area contributed by atoms with Crippen molar-refractivity contribution >= 4 is 11.4 Å². The molecule has 1 aliphatic carbocycles. The van der Waals surface area contributed by atoms with Crippen molar-refractivity contribution in [3.05, 3.63) is 33.6 Å². The first-order valence-electron chi connectivity index (χ1n) is 6.85. The van der Waals surface area contributed by atoms with Crippen molar-refractivity contribution < 1.29 is 14.4 Å². The lowest BCUT2D eigenvalue weighted by Crippen LogP contribution is -2.30. The molecule has 0 saturated heterocycles. The lowest BCUT2D eigenvalue weighted by Gasteiger charge is -2.27. The molecule has 0 aliphatic heterocycles. The number of halogens is 1. The van der Waals surface area contributed by atoms with Gasteiger partial charge in [0.2, 0.25) is 0 Å². The summed E-state index contributed by atoms with van der Waals surface area (Å²) in [6.07, 6.45) is 3.40. The van der Waals surface area contributed by atoms with Gasteiger partial charge in [0, 0.05) is 12.5 Å². The Balaban J connectivity index is 2.12. The maximum atomic E-state index is 13.4. The Morgan fingerprint density at radius 1 is 1.45 bits per heavy atom. The zero-order valence-electron chi connectivity index (χ0n) is 11.4. The molecule has 0 spiro atoms. The number of nitro groups is 1. The van der Waals surface area contributed by atoms with Gasteiger partial charge in [0.05, 0.1) is 17.1 Å². The molecule has 0 radical (unpaired) electrons. The first-order valence-corrected chi connectivity index (χ1v) is 6.85. The number of anilines is 1. The van der Waals surface area contributed by atoms with Crippen LogP contribution in [0.25, 0.3) is 0 Å². The molecular formula is C14H19FN2O3. The number of hydrogen-bond donors (Lipinski definition) is 2. The van der Waals surface area contributed by atoms with E-state index >= 15 is 0 Å². The van der Waals surface area contributed by atoms with Gasteiger partial charge in [0.1, 0.15) is 11.5 Å². The highest BCUT2D eigenvalue weighted by atomic mass is 19.1. The highest BCUT2D eigenvalue weighted by Gasteiger charge is 2.24. The lowest BCUT2D eigenvalue weighted by atomic mass is 9.86. The third-order valence-electron chi connectivity index (χ3n) is 3.90. The van der Waals surface area contributed by atoms with Crippen LogP contribution in [0.15, 0.2) is 12.1 Å². The Morgan fingerprint density at radius 2 is 2.15 bits per heavy atom. The first kappa shape index (κ1) is 14.7. The smallest absolute Gasteiger partial charge is 0.295 e. The van der Waals surface area contributed by atoms with Crippen molar-refractivity contribution in [2.45, 2.75) is 38.7 Å². The average Bonchev–Trinajstić information content (AvgIpc) is 2.41. The van der Waals surface area contributed by atoms with Crippen molar-refractivity contribution in [3.8, 4) is 0 Å². The molecule has 1 saturated carbocycles. The van der Waals surface area contributed by atoms with Gasteiger partial charge in [-0.25, -0.2) is 4.39 Å². The van der Waals surface area contributed by atoms with Crippen LogP contribution >= 0.6 is 0 Å². The topological polar surface area (TPSA) is 75.4 Å². The van der Waals surface area contributed by atoms with Gasteiger partial charge in [-0.2, -0.15) is 0 Å². The van der Waals surface area contributed by atoms with Crippen molar-refractivity contribution in [3.63, 3.8) is 0 Å². The molecule has 1 aromatic rings. The number of aryl methyl sites for hydroxylation is 1. The van der Waals surface area contributed by atoms with E-state index in [-0.39, 0.29) is 17.7 Å². The Bertz CT molecular complexity index is 507. The van der Waals surface area contributed by atoms with Crippen LogP contribution in [-0.2, 0) is 0 Å². The minimum Gasteiger partial charge on any atom is -0.393 e. The summed E-state index contributed by atoms with van der Waals surface area (Å²) in [5, 5.41) is 23.8. The number of aliphatic hydroxyl groups excluding tert-OH is 1. The summed E-state index contributed by atoms with van der Waals surface area (Å²) in [7, 11) is 0. The van der Waals surface area contributed by atoms with Gasteiger partial charge in [-0.15, -0.1) is 0 Å². The number of benzene rings is 1. The van der Waals surface area contributed by atoms with E-state index in [0.29, 0.717) is 17.8 Å². The summed E-state index contributed by atoms with van der Waals surface area (Å²) in [5.41, 5.74) is 0.410. The zero-order valence-corrected chi connectivity index (χ0v) is 11.4. The molecule has 2 N–H and O–H groups in total. The van der Waals surface area contributed by atoms with Crippen LogP contribution in [0.3, 0.4) is 0 Å². The molecule has 2 atom stereocenters. The van der Waals surface area contributed by atoms with Crippen LogP contribution in [0.5, 0.6) is 0 Å². The molecule has 1 fully saturated rings. The van der Waals surface area contributed by atoms with Crippen LogP contribution in [0.1, 0.15) is 31.2 Å². The summed E-state index contributed by atoms with van der Waals surface area (Å²) in [6.45, 7) is 2.03. The van der Waals surface area contributed by atoms with E-state index in [1.54, 1.807) is 6.92 Å². The van der Waals surface area contributed by atoms with E-state index in [4.69, 9.17) is 0 Å². The predicted molar refractivity (Wildman–Crippen MR) is 74.2 cm³/mol. The van der Waals surface area contributed by atoms with Crippen LogP contribution in [0, 0.1) is 28.8 Å². The normalized spacial score (nSPS) is 22.6. The number of hydrogen-bond acceptors (Lipinski definition) is 4. The quantitative estimate of drug-likeness (QED) is 0.657. The highest BCUT2D eigenvalue weighted by Crippen LogP contribution is 2.29. The number of nitrogens with one attached hydrogen (secondary N) is 1. The summed E-state index contributed by atoms with van der Waals surface area (Å²) >= 11 is 0. The molecule has 20 heavy (non-hydrogen) atoms. The van der Waals surface area contributed by atoms with E-state index in [9.17, 15) is 19.6 Å². The van der Waals surface area contributed by atoms with Gasteiger partial charge < -0.3 is 10.4 Å². The van der Waals surface area contributed by atoms with Crippen molar-refractivity contribution in [1.82, 2.24) is 0 Å². The molecule has 110 valence electrons. The molecular weight excluding hydrogens is 263 g/mol. The van der Waals surface area contributed by atoms with E-state index in [1.165, 1.54) is 6.07 Å². The van der Waals surface area contributed by atoms with Gasteiger partial charge in [-0.1, -0.05) is 12.8 Å². The highest BCUT2D eigenvalue weighted by molar-refractivity contribution is 5.63. The van der Waals surface area contributed by atoms with E-state index in [1.807, 2.05) is 0 Å². The molecule has 0 heterocycles. The number of nitrogens with zero attached hydrogens (tertiary/aromatic N) is 1. The van der Waals surface area contributed by atoms with Gasteiger partial charge in [-0.3, -0.25) is 10.1 Å². The van der Waals surface area contributed by atoms with E-state index in [2.05, 4.69) is 5.32 Å². The second kappa shape index (κ2) is 6.17. The summed E-state index contributed by atoms with van der Waals surface area (Å²) in [4.78, 5) is 10.4. The molecule has 5 nitrogen and oxygen atoms in total. The lowest BCUT2D eigenvalue weighted by molar-refractivity contribution is -0.384. The maximum Gasteiger partial charge on any atom is 0.295 e. The molecule has 0 aromatic heterocycles. The second-order valence-electron chi connectivity index (χ2n) is 5.37. The predicted octanol–water partition coefficient (Wildman–Crippen LogP) is 3.01. The molecule has 0 amide bonds. The zero-order chi connectivity index (χ0) is 14.7. The molecule has 6 heteroatoms. The van der Waals surface area contributed by atoms with E-state index < -0.39 is 10.7 Å². The monoisotopic (exact) mass is 282 g/mol. The standard InChI is InChI=1S/C14H19FN2O3/c1-9-6-12(13(17(19)20)7-11(9)15)16-8-10-4-2-3-5-14(10)18/h6-7,10,14,16,18H,2-5,8H2,1H3. The fourth-order valence-corrected chi connectivity index (χ4v) is 2.63. The van der Waals surface area contributed by atoms with Gasteiger partial charge in [-0.05, 0) is 31.4 Å². The van der Waals surface area contributed by atoms with Crippen molar-refractivity contribution in [2.24, 2.45) is 5.92 Å². The molecule has 2 rings (SSSR count). The average molecular weight is 282 g/mol. The van der Waals surface area contributed by atoms with Crippen LogP contribution in [0.2, 0.25) is 0 Å². The first-order chi connectivity index (χ1) is 9.49. The molecule has 1 aliphatic rings. The van der Waals surface area contributed by atoms with Gasteiger partial charge in [0.25, 0.3) is 5.69 Å². The summed E-state index contributed by atoms with van der Waals surface area (Å²) < 4.78 is 13.4. The Kier molecular flexibility index (Phi) is 4.54. The van der Waals surface area contributed by atoms with Crippen LogP contribution in [-0.4, -0.2) is 22.7 Å². The van der Waals surface area contributed by atoms with Crippen molar-refractivity contribution in [2.75, 3.05) is 11.9 Å². The fourth-order valence-electron chi connectivity index (χ4n) is 2.63. The minimum absolute atomic E-state index is 0.0914. The molecule has 0 bridgehead atoms. The van der Waals surface area contributed by atoms with Crippen LogP contribution in [0.4, 0.5) is 15.8 Å². The number of rotatable bonds is 4. The maximum absolute atomic E-state index is 13.4. The summed E-state index contributed by atoms with van der Waals surface area (Å²) in [6, 6.07) is 2.39. The van der Waals surface area contributed by atoms with Crippen LogP contribution < -0.4 is 5.32 Å². The SMILES string of the molecule is Cc1cc(NCC2CCCCC2O)c([N+](=O)[O-])cc1F. The van der Waals surface area contributed by atoms with Gasteiger partial charge in [0.15, 0.2) is 0 Å². The molecule has 1 aromatic carbocycles. The Hall–Kier alpha value is -1.69. The number of nitro benzene ring substituents is 1. The van der Waals surface area contributed by atoms with Crippen molar-refractivity contribution in [1.29, 1.82) is 0 Å². The third kappa shape index (κ3) is 3.25.